The minimum Gasteiger partial charge on any atom is -0.325 e. The van der Waals surface area contributed by atoms with Crippen LogP contribution in [0.25, 0.3) is 0 Å². The number of aromatic nitrogens is 1. The molecule has 13 heavy (non-hydrogen) atoms. The first kappa shape index (κ1) is 8.23. The van der Waals surface area contributed by atoms with Crippen LogP contribution in [0.1, 0.15) is 30.9 Å². The fourth-order valence-electron chi connectivity index (χ4n) is 1.60. The fourth-order valence-corrected chi connectivity index (χ4v) is 1.60. The summed E-state index contributed by atoms with van der Waals surface area (Å²) in [7, 11) is 0. The molecule has 3 nitrogen and oxygen atoms in total. The topological polar surface area (TPSA) is 42.0 Å². The molecular formula is C10H12N2O. The molecule has 0 saturated heterocycles. The number of fused-ring (bicyclic) bond motifs is 1. The maximum Gasteiger partial charge on any atom is 0.228 e. The molecule has 0 aromatic carbocycles. The van der Waals surface area contributed by atoms with Crippen molar-refractivity contribution in [1.29, 1.82) is 0 Å². The molecule has 0 fully saturated rings. The summed E-state index contributed by atoms with van der Waals surface area (Å²) >= 11 is 0. The number of hydrogen-bond donors (Lipinski definition) is 1. The van der Waals surface area contributed by atoms with Gasteiger partial charge < -0.3 is 5.32 Å². The zero-order valence-electron chi connectivity index (χ0n) is 7.79. The summed E-state index contributed by atoms with van der Waals surface area (Å²) < 4.78 is 0. The number of rotatable bonds is 1. The lowest BCUT2D eigenvalue weighted by Crippen LogP contribution is -2.05. The first-order valence-electron chi connectivity index (χ1n) is 4.45. The number of pyridine rings is 1. The first-order valence-corrected chi connectivity index (χ1v) is 4.45. The third kappa shape index (κ3) is 1.30. The van der Waals surface area contributed by atoms with Crippen LogP contribution in [0.4, 0.5) is 5.69 Å². The number of nitrogens with zero attached hydrogens (tertiary/aromatic N) is 1. The second-order valence-electron chi connectivity index (χ2n) is 3.64. The third-order valence-electron chi connectivity index (χ3n) is 2.29. The Labute approximate surface area is 77.2 Å². The average molecular weight is 176 g/mol. The van der Waals surface area contributed by atoms with Crippen molar-refractivity contribution in [3.8, 4) is 0 Å². The van der Waals surface area contributed by atoms with Crippen LogP contribution in [0, 0.1) is 0 Å². The van der Waals surface area contributed by atoms with Gasteiger partial charge in [0.05, 0.1) is 12.1 Å². The molecule has 68 valence electrons. The van der Waals surface area contributed by atoms with Crippen LogP contribution in [0.3, 0.4) is 0 Å². The fraction of sp³-hybridized carbons (Fsp3) is 0.400. The van der Waals surface area contributed by atoms with Gasteiger partial charge in [0.2, 0.25) is 5.91 Å². The van der Waals surface area contributed by atoms with Crippen molar-refractivity contribution in [3.05, 3.63) is 23.5 Å². The van der Waals surface area contributed by atoms with E-state index in [-0.39, 0.29) is 5.91 Å². The highest BCUT2D eigenvalue weighted by molar-refractivity contribution is 5.99. The van der Waals surface area contributed by atoms with Crippen molar-refractivity contribution in [3.63, 3.8) is 0 Å². The minimum atomic E-state index is 0.0740. The minimum absolute atomic E-state index is 0.0740. The SMILES string of the molecule is CC(C)c1cncc2c1NC(=O)C2. The molecule has 1 aromatic heterocycles. The Kier molecular flexibility index (Phi) is 1.79. The van der Waals surface area contributed by atoms with Crippen LogP contribution in [0.2, 0.25) is 0 Å². The van der Waals surface area contributed by atoms with Gasteiger partial charge in [-0.25, -0.2) is 0 Å². The molecule has 1 aliphatic heterocycles. The van der Waals surface area contributed by atoms with Crippen LogP contribution >= 0.6 is 0 Å². The van der Waals surface area contributed by atoms with E-state index in [2.05, 4.69) is 24.1 Å². The lowest BCUT2D eigenvalue weighted by Gasteiger charge is -2.09. The molecule has 2 rings (SSSR count). The Hall–Kier alpha value is -1.38. The largest absolute Gasteiger partial charge is 0.325 e. The molecule has 0 bridgehead atoms. The van der Waals surface area contributed by atoms with Gasteiger partial charge in [-0.1, -0.05) is 13.8 Å². The van der Waals surface area contributed by atoms with Crippen LogP contribution in [0.5, 0.6) is 0 Å². The molecule has 1 amide bonds. The van der Waals surface area contributed by atoms with Crippen LogP contribution in [-0.4, -0.2) is 10.9 Å². The van der Waals surface area contributed by atoms with Gasteiger partial charge in [-0.3, -0.25) is 9.78 Å². The molecular weight excluding hydrogens is 164 g/mol. The number of amides is 1. The summed E-state index contributed by atoms with van der Waals surface area (Å²) in [5, 5.41) is 2.87. The van der Waals surface area contributed by atoms with Crippen molar-refractivity contribution in [2.45, 2.75) is 26.2 Å². The molecule has 0 spiro atoms. The number of nitrogens with one attached hydrogen (secondary N) is 1. The number of carbonyl (C=O) groups is 1. The van der Waals surface area contributed by atoms with E-state index < -0.39 is 0 Å². The van der Waals surface area contributed by atoms with Crippen LogP contribution in [-0.2, 0) is 11.2 Å². The second-order valence-corrected chi connectivity index (χ2v) is 3.64. The monoisotopic (exact) mass is 176 g/mol. The molecule has 0 atom stereocenters. The van der Waals surface area contributed by atoms with Gasteiger partial charge in [-0.15, -0.1) is 0 Å². The summed E-state index contributed by atoms with van der Waals surface area (Å²) in [6, 6.07) is 0. The smallest absolute Gasteiger partial charge is 0.228 e. The molecule has 1 aliphatic rings. The average Bonchev–Trinajstić information content (AvgIpc) is 2.43. The van der Waals surface area contributed by atoms with Gasteiger partial charge in [0.25, 0.3) is 0 Å². The van der Waals surface area contributed by atoms with Crippen molar-refractivity contribution >= 4 is 11.6 Å². The van der Waals surface area contributed by atoms with E-state index in [0.717, 1.165) is 16.8 Å². The summed E-state index contributed by atoms with van der Waals surface area (Å²) in [5.41, 5.74) is 3.13. The maximum absolute atomic E-state index is 11.1. The van der Waals surface area contributed by atoms with E-state index in [1.807, 2.05) is 6.20 Å². The zero-order valence-corrected chi connectivity index (χ0v) is 7.79. The Morgan fingerprint density at radius 3 is 2.92 bits per heavy atom. The van der Waals surface area contributed by atoms with E-state index in [9.17, 15) is 4.79 Å². The predicted octanol–water partition coefficient (Wildman–Crippen LogP) is 1.70. The molecule has 1 N–H and O–H groups in total. The van der Waals surface area contributed by atoms with Crippen molar-refractivity contribution in [2.24, 2.45) is 0 Å². The lowest BCUT2D eigenvalue weighted by atomic mass is 10.0. The Morgan fingerprint density at radius 2 is 2.23 bits per heavy atom. The Morgan fingerprint density at radius 1 is 1.46 bits per heavy atom. The van der Waals surface area contributed by atoms with E-state index >= 15 is 0 Å². The summed E-state index contributed by atoms with van der Waals surface area (Å²) in [4.78, 5) is 15.3. The highest BCUT2D eigenvalue weighted by Gasteiger charge is 2.21. The lowest BCUT2D eigenvalue weighted by molar-refractivity contribution is -0.115. The number of anilines is 1. The molecule has 0 unspecified atom stereocenters. The Bertz CT molecular complexity index is 358. The van der Waals surface area contributed by atoms with E-state index in [4.69, 9.17) is 0 Å². The molecule has 3 heteroatoms. The standard InChI is InChI=1S/C10H12N2O/c1-6(2)8-5-11-4-7-3-9(13)12-10(7)8/h4-6H,3H2,1-2H3,(H,12,13). The summed E-state index contributed by atoms with van der Waals surface area (Å²) in [6.07, 6.45) is 4.07. The van der Waals surface area contributed by atoms with Crippen molar-refractivity contribution in [2.75, 3.05) is 5.32 Å². The van der Waals surface area contributed by atoms with Gasteiger partial charge in [0.1, 0.15) is 0 Å². The molecule has 2 heterocycles. The van der Waals surface area contributed by atoms with Crippen molar-refractivity contribution < 1.29 is 4.79 Å². The molecule has 0 saturated carbocycles. The second kappa shape index (κ2) is 2.83. The molecule has 0 aliphatic carbocycles. The normalized spacial score (nSPS) is 14.5. The van der Waals surface area contributed by atoms with Gasteiger partial charge in [-0.05, 0) is 11.5 Å². The highest BCUT2D eigenvalue weighted by Crippen LogP contribution is 2.30. The maximum atomic E-state index is 11.1. The third-order valence-corrected chi connectivity index (χ3v) is 2.29. The van der Waals surface area contributed by atoms with Gasteiger partial charge in [-0.2, -0.15) is 0 Å². The quantitative estimate of drug-likeness (QED) is 0.707. The van der Waals surface area contributed by atoms with E-state index in [0.29, 0.717) is 12.3 Å². The van der Waals surface area contributed by atoms with Crippen LogP contribution in [0.15, 0.2) is 12.4 Å². The summed E-state index contributed by atoms with van der Waals surface area (Å²) in [5.74, 6) is 0.478. The summed E-state index contributed by atoms with van der Waals surface area (Å²) in [6.45, 7) is 4.20. The predicted molar refractivity (Wildman–Crippen MR) is 50.7 cm³/mol. The van der Waals surface area contributed by atoms with E-state index in [1.165, 1.54) is 0 Å². The van der Waals surface area contributed by atoms with Gasteiger partial charge in [0, 0.05) is 18.0 Å². The number of hydrogen-bond acceptors (Lipinski definition) is 2. The van der Waals surface area contributed by atoms with Crippen LogP contribution < -0.4 is 5.32 Å². The first-order chi connectivity index (χ1) is 6.18. The zero-order chi connectivity index (χ0) is 9.42. The van der Waals surface area contributed by atoms with Gasteiger partial charge in [0.15, 0.2) is 0 Å². The van der Waals surface area contributed by atoms with E-state index in [1.54, 1.807) is 6.20 Å². The highest BCUT2D eigenvalue weighted by atomic mass is 16.1. The Balaban J connectivity index is 2.51. The number of carbonyl (C=O) groups excluding carboxylic acids is 1. The molecule has 1 aromatic rings. The van der Waals surface area contributed by atoms with Crippen molar-refractivity contribution in [1.82, 2.24) is 4.98 Å². The molecule has 0 radical (unpaired) electrons. The van der Waals surface area contributed by atoms with Gasteiger partial charge >= 0.3 is 0 Å².